The Hall–Kier alpha value is -2.12. The smallest absolute Gasteiger partial charge is 0.245 e. The van der Waals surface area contributed by atoms with E-state index in [2.05, 4.69) is 64.1 Å². The maximum atomic E-state index is 13.7. The normalized spacial score (nSPS) is 20.5. The van der Waals surface area contributed by atoms with Crippen LogP contribution in [0.1, 0.15) is 58.9 Å². The van der Waals surface area contributed by atoms with E-state index >= 15 is 0 Å². The van der Waals surface area contributed by atoms with Crippen molar-refractivity contribution in [2.24, 2.45) is 17.8 Å². The van der Waals surface area contributed by atoms with Crippen molar-refractivity contribution in [2.75, 3.05) is 46.9 Å². The van der Waals surface area contributed by atoms with Crippen LogP contribution in [0.5, 0.6) is 5.75 Å². The molecule has 202 valence electrons. The summed E-state index contributed by atoms with van der Waals surface area (Å²) in [5.74, 6) is 2.34. The molecular weight excluding hydrogens is 452 g/mol. The molecule has 0 aliphatic carbocycles. The lowest BCUT2D eigenvalue weighted by Crippen LogP contribution is -2.62. The molecule has 2 aliphatic heterocycles. The molecule has 0 unspecified atom stereocenters. The Morgan fingerprint density at radius 2 is 1.72 bits per heavy atom. The van der Waals surface area contributed by atoms with Gasteiger partial charge in [0.2, 0.25) is 11.8 Å². The Balaban J connectivity index is 1.53. The third-order valence-electron chi connectivity index (χ3n) is 7.22. The molecule has 7 heteroatoms. The molecule has 0 aromatic heterocycles. The van der Waals surface area contributed by atoms with Gasteiger partial charge in [-0.15, -0.1) is 0 Å². The third-order valence-corrected chi connectivity index (χ3v) is 7.22. The molecule has 7 nitrogen and oxygen atoms in total. The van der Waals surface area contributed by atoms with Crippen LogP contribution in [-0.2, 0) is 16.1 Å². The highest BCUT2D eigenvalue weighted by Gasteiger charge is 2.39. The number of carbonyl (C=O) groups is 2. The Kier molecular flexibility index (Phi) is 10.6. The van der Waals surface area contributed by atoms with Crippen LogP contribution in [0.2, 0.25) is 0 Å². The third kappa shape index (κ3) is 8.20. The fourth-order valence-corrected chi connectivity index (χ4v) is 5.33. The number of piperazine rings is 1. The predicted octanol–water partition coefficient (Wildman–Crippen LogP) is 3.63. The Morgan fingerprint density at radius 1 is 1.06 bits per heavy atom. The number of ether oxygens (including phenoxy) is 1. The quantitative estimate of drug-likeness (QED) is 0.503. The van der Waals surface area contributed by atoms with Gasteiger partial charge in [0.15, 0.2) is 0 Å². The van der Waals surface area contributed by atoms with Crippen LogP contribution in [0.4, 0.5) is 0 Å². The van der Waals surface area contributed by atoms with Gasteiger partial charge < -0.3 is 24.8 Å². The van der Waals surface area contributed by atoms with Crippen molar-refractivity contribution >= 4 is 11.8 Å². The van der Waals surface area contributed by atoms with Crippen LogP contribution in [0.25, 0.3) is 0 Å². The topological polar surface area (TPSA) is 65.1 Å². The molecule has 36 heavy (non-hydrogen) atoms. The number of benzene rings is 1. The lowest BCUT2D eigenvalue weighted by atomic mass is 9.94. The van der Waals surface area contributed by atoms with Crippen molar-refractivity contribution in [3.8, 4) is 5.75 Å². The van der Waals surface area contributed by atoms with Crippen molar-refractivity contribution < 1.29 is 14.3 Å². The van der Waals surface area contributed by atoms with Gasteiger partial charge in [0.1, 0.15) is 11.8 Å². The molecule has 2 atom stereocenters. The fraction of sp³-hybridized carbons (Fsp3) is 0.724. The minimum Gasteiger partial charge on any atom is -0.493 e. The number of hydrogen-bond donors (Lipinski definition) is 1. The zero-order chi connectivity index (χ0) is 26.2. The van der Waals surface area contributed by atoms with Gasteiger partial charge in [-0.05, 0) is 75.2 Å². The Morgan fingerprint density at radius 3 is 2.31 bits per heavy atom. The summed E-state index contributed by atoms with van der Waals surface area (Å²) in [7, 11) is 4.13. The Labute approximate surface area is 218 Å². The molecule has 0 bridgehead atoms. The number of piperidine rings is 1. The number of nitrogens with zero attached hydrogens (tertiary/aromatic N) is 3. The highest BCUT2D eigenvalue weighted by atomic mass is 16.5. The summed E-state index contributed by atoms with van der Waals surface area (Å²) < 4.78 is 6.08. The summed E-state index contributed by atoms with van der Waals surface area (Å²) >= 11 is 0. The average molecular weight is 501 g/mol. The molecule has 2 amide bonds. The molecule has 2 aliphatic rings. The van der Waals surface area contributed by atoms with Gasteiger partial charge in [-0.3, -0.25) is 9.59 Å². The van der Waals surface area contributed by atoms with E-state index in [0.29, 0.717) is 37.3 Å². The lowest BCUT2D eigenvalue weighted by molar-refractivity contribution is -0.150. The van der Waals surface area contributed by atoms with Crippen LogP contribution in [0, 0.1) is 17.8 Å². The zero-order valence-electron chi connectivity index (χ0n) is 23.3. The molecule has 2 heterocycles. The Bertz CT molecular complexity index is 831. The van der Waals surface area contributed by atoms with Gasteiger partial charge in [0.05, 0.1) is 12.6 Å². The second-order valence-corrected chi connectivity index (χ2v) is 11.8. The summed E-state index contributed by atoms with van der Waals surface area (Å²) in [6.07, 6.45) is 3.39. The van der Waals surface area contributed by atoms with Crippen LogP contribution < -0.4 is 10.1 Å². The second kappa shape index (κ2) is 13.4. The van der Waals surface area contributed by atoms with E-state index in [1.165, 1.54) is 5.56 Å². The van der Waals surface area contributed by atoms with Crippen LogP contribution in [0.15, 0.2) is 24.3 Å². The summed E-state index contributed by atoms with van der Waals surface area (Å²) in [6, 6.07) is 7.79. The maximum Gasteiger partial charge on any atom is 0.245 e. The predicted molar refractivity (Wildman–Crippen MR) is 145 cm³/mol. The van der Waals surface area contributed by atoms with E-state index in [4.69, 9.17) is 4.74 Å². The summed E-state index contributed by atoms with van der Waals surface area (Å²) in [5, 5.41) is 3.37. The maximum absolute atomic E-state index is 13.7. The van der Waals surface area contributed by atoms with Crippen LogP contribution in [-0.4, -0.2) is 85.5 Å². The molecule has 1 aromatic carbocycles. The summed E-state index contributed by atoms with van der Waals surface area (Å²) in [5.41, 5.74) is 1.27. The average Bonchev–Trinajstić information content (AvgIpc) is 2.83. The minimum absolute atomic E-state index is 0.0915. The van der Waals surface area contributed by atoms with E-state index in [-0.39, 0.29) is 23.9 Å². The van der Waals surface area contributed by atoms with Gasteiger partial charge in [-0.2, -0.15) is 0 Å². The van der Waals surface area contributed by atoms with Crippen molar-refractivity contribution in [1.82, 2.24) is 20.0 Å². The van der Waals surface area contributed by atoms with Crippen molar-refractivity contribution in [3.63, 3.8) is 0 Å². The van der Waals surface area contributed by atoms with Gasteiger partial charge >= 0.3 is 0 Å². The standard InChI is InChI=1S/C29H48N4O3/c1-21(2)17-26-28(34)33(16-13-30-26)27(18-22(3)4)29(35)32-14-11-24(12-15-32)20-36-25-9-7-23(8-10-25)19-31(5)6/h7-10,21-22,24,26-27,30H,11-20H2,1-6H3/t26-,27-/m0/s1. The van der Waals surface area contributed by atoms with Crippen LogP contribution >= 0.6 is 0 Å². The molecule has 0 spiro atoms. The SMILES string of the molecule is CC(C)C[C@@H]1NCCN([C@@H](CC(C)C)C(=O)N2CCC(COc3ccc(CN(C)C)cc3)CC2)C1=O. The summed E-state index contributed by atoms with van der Waals surface area (Å²) in [6.45, 7) is 13.0. The first kappa shape index (κ1) is 28.5. The van der Waals surface area contributed by atoms with Gasteiger partial charge in [0, 0.05) is 32.7 Å². The number of likely N-dealkylation sites (tertiary alicyclic amines) is 1. The van der Waals surface area contributed by atoms with Gasteiger partial charge in [-0.25, -0.2) is 0 Å². The van der Waals surface area contributed by atoms with E-state index in [1.807, 2.05) is 21.9 Å². The van der Waals surface area contributed by atoms with E-state index in [0.717, 1.165) is 51.2 Å². The first-order valence-electron chi connectivity index (χ1n) is 13.8. The molecule has 1 aromatic rings. The van der Waals surface area contributed by atoms with Gasteiger partial charge in [-0.1, -0.05) is 39.8 Å². The largest absolute Gasteiger partial charge is 0.493 e. The first-order chi connectivity index (χ1) is 17.1. The highest BCUT2D eigenvalue weighted by Crippen LogP contribution is 2.24. The molecule has 2 fully saturated rings. The van der Waals surface area contributed by atoms with Crippen LogP contribution in [0.3, 0.4) is 0 Å². The first-order valence-corrected chi connectivity index (χ1v) is 13.8. The minimum atomic E-state index is -0.359. The van der Waals surface area contributed by atoms with Gasteiger partial charge in [0.25, 0.3) is 0 Å². The number of rotatable bonds is 11. The number of hydrogen-bond acceptors (Lipinski definition) is 5. The fourth-order valence-electron chi connectivity index (χ4n) is 5.33. The number of nitrogens with one attached hydrogen (secondary N) is 1. The van der Waals surface area contributed by atoms with E-state index in [1.54, 1.807) is 0 Å². The van der Waals surface area contributed by atoms with E-state index in [9.17, 15) is 9.59 Å². The zero-order valence-corrected chi connectivity index (χ0v) is 23.3. The highest BCUT2D eigenvalue weighted by molar-refractivity contribution is 5.90. The monoisotopic (exact) mass is 500 g/mol. The molecule has 1 N–H and O–H groups in total. The van der Waals surface area contributed by atoms with Crippen molar-refractivity contribution in [1.29, 1.82) is 0 Å². The van der Waals surface area contributed by atoms with E-state index < -0.39 is 0 Å². The molecule has 2 saturated heterocycles. The summed E-state index contributed by atoms with van der Waals surface area (Å²) in [4.78, 5) is 33.0. The molecule has 3 rings (SSSR count). The number of amides is 2. The molecule has 0 radical (unpaired) electrons. The molecule has 0 saturated carbocycles. The number of carbonyl (C=O) groups excluding carboxylic acids is 2. The molecular formula is C29H48N4O3. The van der Waals surface area contributed by atoms with Crippen molar-refractivity contribution in [2.45, 2.75) is 72.0 Å². The van der Waals surface area contributed by atoms with Crippen molar-refractivity contribution in [3.05, 3.63) is 29.8 Å². The lowest BCUT2D eigenvalue weighted by Gasteiger charge is -2.42. The second-order valence-electron chi connectivity index (χ2n) is 11.8.